The summed E-state index contributed by atoms with van der Waals surface area (Å²) in [6.45, 7) is 6.63. The first-order valence-corrected chi connectivity index (χ1v) is 8.25. The third kappa shape index (κ3) is 3.91. The number of hydrogen-bond donors (Lipinski definition) is 1. The Morgan fingerprint density at radius 3 is 2.67 bits per heavy atom. The van der Waals surface area contributed by atoms with E-state index < -0.39 is 0 Å². The Balaban J connectivity index is 2.23. The zero-order valence-electron chi connectivity index (χ0n) is 13.6. The maximum absolute atomic E-state index is 6.19. The van der Waals surface area contributed by atoms with E-state index in [2.05, 4.69) is 49.9 Å². The monoisotopic (exact) mass is 309 g/mol. The molecule has 4 heteroatoms. The van der Waals surface area contributed by atoms with Crippen LogP contribution in [0, 0.1) is 5.92 Å². The molecule has 21 heavy (non-hydrogen) atoms. The van der Waals surface area contributed by atoms with Gasteiger partial charge < -0.3 is 15.5 Å². The lowest BCUT2D eigenvalue weighted by molar-refractivity contribution is 0.266. The molecule has 0 amide bonds. The van der Waals surface area contributed by atoms with Crippen molar-refractivity contribution in [2.24, 2.45) is 11.7 Å². The molecule has 0 aliphatic carbocycles. The van der Waals surface area contributed by atoms with E-state index in [9.17, 15) is 0 Å². The van der Waals surface area contributed by atoms with E-state index >= 15 is 0 Å². The third-order valence-electron chi connectivity index (χ3n) is 4.62. The summed E-state index contributed by atoms with van der Waals surface area (Å²) < 4.78 is 0. The number of anilines is 1. The highest BCUT2D eigenvalue weighted by Gasteiger charge is 2.32. The molecular weight excluding hydrogens is 282 g/mol. The second-order valence-electron chi connectivity index (χ2n) is 6.56. The van der Waals surface area contributed by atoms with Crippen molar-refractivity contribution in [2.75, 3.05) is 32.1 Å². The molecule has 1 aromatic rings. The predicted molar refractivity (Wildman–Crippen MR) is 92.3 cm³/mol. The van der Waals surface area contributed by atoms with E-state index in [0.717, 1.165) is 31.0 Å². The fraction of sp³-hybridized carbons (Fsp3) is 0.647. The molecule has 1 aliphatic heterocycles. The normalized spacial score (nSPS) is 23.9. The van der Waals surface area contributed by atoms with Gasteiger partial charge in [0.25, 0.3) is 0 Å². The smallest absolute Gasteiger partial charge is 0.0410 e. The molecule has 0 saturated carbocycles. The van der Waals surface area contributed by atoms with Crippen LogP contribution in [-0.2, 0) is 6.42 Å². The van der Waals surface area contributed by atoms with Crippen molar-refractivity contribution in [3.8, 4) is 0 Å². The van der Waals surface area contributed by atoms with Crippen LogP contribution in [0.25, 0.3) is 0 Å². The Morgan fingerprint density at radius 2 is 2.10 bits per heavy atom. The Morgan fingerprint density at radius 1 is 1.38 bits per heavy atom. The van der Waals surface area contributed by atoms with Crippen molar-refractivity contribution in [1.82, 2.24) is 4.90 Å². The second kappa shape index (κ2) is 6.99. The molecule has 1 fully saturated rings. The van der Waals surface area contributed by atoms with Gasteiger partial charge in [-0.25, -0.2) is 0 Å². The SMILES string of the molecule is CCC(N)Cc1cc(Cl)ccc1N1CC(C)C(N(C)C)C1. The van der Waals surface area contributed by atoms with Crippen LogP contribution in [-0.4, -0.2) is 44.2 Å². The van der Waals surface area contributed by atoms with Crippen molar-refractivity contribution in [1.29, 1.82) is 0 Å². The summed E-state index contributed by atoms with van der Waals surface area (Å²) in [6, 6.07) is 7.04. The summed E-state index contributed by atoms with van der Waals surface area (Å²) in [5, 5.41) is 0.799. The summed E-state index contributed by atoms with van der Waals surface area (Å²) in [6.07, 6.45) is 1.88. The number of likely N-dealkylation sites (N-methyl/N-ethyl adjacent to an activating group) is 1. The van der Waals surface area contributed by atoms with Gasteiger partial charge >= 0.3 is 0 Å². The molecule has 2 rings (SSSR count). The van der Waals surface area contributed by atoms with E-state index in [1.807, 2.05) is 6.07 Å². The van der Waals surface area contributed by atoms with E-state index in [4.69, 9.17) is 17.3 Å². The molecule has 1 aromatic carbocycles. The number of halogens is 1. The molecule has 0 spiro atoms. The zero-order chi connectivity index (χ0) is 15.6. The Kier molecular flexibility index (Phi) is 5.53. The molecular formula is C17H28ClN3. The molecule has 1 heterocycles. The Labute approximate surface area is 134 Å². The highest BCUT2D eigenvalue weighted by molar-refractivity contribution is 6.30. The van der Waals surface area contributed by atoms with Crippen molar-refractivity contribution in [3.63, 3.8) is 0 Å². The molecule has 1 aliphatic rings. The maximum atomic E-state index is 6.19. The van der Waals surface area contributed by atoms with Crippen LogP contribution in [0.3, 0.4) is 0 Å². The van der Waals surface area contributed by atoms with Crippen molar-refractivity contribution >= 4 is 17.3 Å². The molecule has 0 radical (unpaired) electrons. The lowest BCUT2D eigenvalue weighted by Crippen LogP contribution is -2.34. The van der Waals surface area contributed by atoms with E-state index in [1.54, 1.807) is 0 Å². The minimum atomic E-state index is 0.201. The molecule has 3 unspecified atom stereocenters. The van der Waals surface area contributed by atoms with Crippen LogP contribution in [0.1, 0.15) is 25.8 Å². The minimum Gasteiger partial charge on any atom is -0.369 e. The first-order chi connectivity index (χ1) is 9.92. The summed E-state index contributed by atoms with van der Waals surface area (Å²) in [7, 11) is 4.33. The van der Waals surface area contributed by atoms with Crippen LogP contribution in [0.2, 0.25) is 5.02 Å². The molecule has 0 bridgehead atoms. The minimum absolute atomic E-state index is 0.201. The van der Waals surface area contributed by atoms with Gasteiger partial charge in [0.1, 0.15) is 0 Å². The highest BCUT2D eigenvalue weighted by Crippen LogP contribution is 2.31. The summed E-state index contributed by atoms with van der Waals surface area (Å²) >= 11 is 6.19. The lowest BCUT2D eigenvalue weighted by atomic mass is 10.0. The number of nitrogens with zero attached hydrogens (tertiary/aromatic N) is 2. The zero-order valence-corrected chi connectivity index (χ0v) is 14.4. The summed E-state index contributed by atoms with van der Waals surface area (Å²) in [5.74, 6) is 0.670. The van der Waals surface area contributed by atoms with Crippen LogP contribution in [0.5, 0.6) is 0 Å². The van der Waals surface area contributed by atoms with Crippen molar-refractivity contribution < 1.29 is 0 Å². The fourth-order valence-corrected chi connectivity index (χ4v) is 3.47. The van der Waals surface area contributed by atoms with Crippen molar-refractivity contribution in [3.05, 3.63) is 28.8 Å². The lowest BCUT2D eigenvalue weighted by Gasteiger charge is -2.25. The topological polar surface area (TPSA) is 32.5 Å². The quantitative estimate of drug-likeness (QED) is 0.907. The molecule has 118 valence electrons. The molecule has 1 saturated heterocycles. The van der Waals surface area contributed by atoms with Gasteiger partial charge in [0.2, 0.25) is 0 Å². The summed E-state index contributed by atoms with van der Waals surface area (Å²) in [5.41, 5.74) is 8.74. The van der Waals surface area contributed by atoms with Gasteiger partial charge in [0.05, 0.1) is 0 Å². The van der Waals surface area contributed by atoms with Gasteiger partial charge in [-0.15, -0.1) is 0 Å². The maximum Gasteiger partial charge on any atom is 0.0410 e. The molecule has 0 aromatic heterocycles. The van der Waals surface area contributed by atoms with Gasteiger partial charge in [0, 0.05) is 35.9 Å². The van der Waals surface area contributed by atoms with Gasteiger partial charge in [-0.3, -0.25) is 0 Å². The molecule has 2 N–H and O–H groups in total. The number of rotatable bonds is 5. The second-order valence-corrected chi connectivity index (χ2v) is 7.00. The highest BCUT2D eigenvalue weighted by atomic mass is 35.5. The van der Waals surface area contributed by atoms with E-state index in [0.29, 0.717) is 12.0 Å². The van der Waals surface area contributed by atoms with Crippen LogP contribution in [0.4, 0.5) is 5.69 Å². The predicted octanol–water partition coefficient (Wildman–Crippen LogP) is 3.01. The van der Waals surface area contributed by atoms with Crippen LogP contribution < -0.4 is 10.6 Å². The first-order valence-electron chi connectivity index (χ1n) is 7.87. The fourth-order valence-electron chi connectivity index (χ4n) is 3.27. The third-order valence-corrected chi connectivity index (χ3v) is 4.86. The largest absolute Gasteiger partial charge is 0.369 e. The van der Waals surface area contributed by atoms with E-state index in [1.165, 1.54) is 11.3 Å². The van der Waals surface area contributed by atoms with Gasteiger partial charge in [0.15, 0.2) is 0 Å². The number of nitrogens with two attached hydrogens (primary N) is 1. The average Bonchev–Trinajstić information content (AvgIpc) is 2.80. The Bertz CT molecular complexity index is 475. The standard InChI is InChI=1S/C17H28ClN3/c1-5-15(19)9-13-8-14(18)6-7-16(13)21-10-12(2)17(11-21)20(3)4/h6-8,12,15,17H,5,9-11,19H2,1-4H3. The molecule has 3 atom stereocenters. The van der Waals surface area contributed by atoms with Crippen LogP contribution >= 0.6 is 11.6 Å². The Hall–Kier alpha value is -0.770. The van der Waals surface area contributed by atoms with E-state index in [-0.39, 0.29) is 6.04 Å². The van der Waals surface area contributed by atoms with Gasteiger partial charge in [-0.1, -0.05) is 25.4 Å². The number of benzene rings is 1. The number of hydrogen-bond acceptors (Lipinski definition) is 3. The van der Waals surface area contributed by atoms with Gasteiger partial charge in [-0.05, 0) is 56.6 Å². The average molecular weight is 310 g/mol. The summed E-state index contributed by atoms with van der Waals surface area (Å²) in [4.78, 5) is 4.82. The van der Waals surface area contributed by atoms with Gasteiger partial charge in [-0.2, -0.15) is 0 Å². The molecule has 3 nitrogen and oxygen atoms in total. The first kappa shape index (κ1) is 16.6. The van der Waals surface area contributed by atoms with Crippen molar-refractivity contribution in [2.45, 2.75) is 38.8 Å². The van der Waals surface area contributed by atoms with Crippen LogP contribution in [0.15, 0.2) is 18.2 Å².